The van der Waals surface area contributed by atoms with E-state index in [1.165, 1.54) is 0 Å². The summed E-state index contributed by atoms with van der Waals surface area (Å²) in [6.07, 6.45) is 0.212. The number of hydrogen-bond donors (Lipinski definition) is 2. The molecule has 0 bridgehead atoms. The van der Waals surface area contributed by atoms with E-state index >= 15 is 0 Å². The first-order valence-electron chi connectivity index (χ1n) is 6.73. The van der Waals surface area contributed by atoms with Crippen molar-refractivity contribution in [3.63, 3.8) is 0 Å². The molecular weight excluding hydrogens is 268 g/mol. The first-order chi connectivity index (χ1) is 9.85. The van der Waals surface area contributed by atoms with Crippen molar-refractivity contribution < 1.29 is 9.90 Å². The second kappa shape index (κ2) is 5.91. The predicted molar refractivity (Wildman–Crippen MR) is 79.7 cm³/mol. The molecule has 0 radical (unpaired) electrons. The van der Waals surface area contributed by atoms with E-state index in [2.05, 4.69) is 16.0 Å². The van der Waals surface area contributed by atoms with Gasteiger partial charge < -0.3 is 10.1 Å². The number of hydrogen-bond acceptors (Lipinski definition) is 3. The van der Waals surface area contributed by atoms with Crippen molar-refractivity contribution in [1.29, 1.82) is 0 Å². The molecule has 0 spiro atoms. The van der Waals surface area contributed by atoms with E-state index in [0.717, 1.165) is 16.7 Å². The number of carboxylic acids is 1. The summed E-state index contributed by atoms with van der Waals surface area (Å²) in [5, 5.41) is 8.80. The highest BCUT2D eigenvalue weighted by molar-refractivity contribution is 5.70. The zero-order valence-electron chi connectivity index (χ0n) is 12.4. The fourth-order valence-electron chi connectivity index (χ4n) is 2.48. The lowest BCUT2D eigenvalue weighted by atomic mass is 10.0. The number of benzene rings is 1. The number of carboxylic acid groups (broad SMARTS) is 1. The lowest BCUT2D eigenvalue weighted by Crippen LogP contribution is -2.21. The standard InChI is InChI=1S/C16H18N2O3/c1-9-4-10(2)6-12(5-9)7-14-17-11(3)13(8-15(19)20)16(21)18-14/h4-6H,7-8H2,1-3H3,(H,19,20)(H,17,18,21). The Morgan fingerprint density at radius 1 is 1.19 bits per heavy atom. The monoisotopic (exact) mass is 286 g/mol. The highest BCUT2D eigenvalue weighted by Crippen LogP contribution is 2.12. The van der Waals surface area contributed by atoms with E-state index in [0.29, 0.717) is 17.9 Å². The topological polar surface area (TPSA) is 83.0 Å². The van der Waals surface area contributed by atoms with Gasteiger partial charge >= 0.3 is 5.97 Å². The Bertz CT molecular complexity index is 727. The summed E-state index contributed by atoms with van der Waals surface area (Å²) in [6.45, 7) is 5.71. The SMILES string of the molecule is Cc1cc(C)cc(Cc2nc(C)c(CC(=O)O)c(=O)[nH]2)c1. The molecule has 1 aromatic carbocycles. The van der Waals surface area contributed by atoms with Crippen LogP contribution in [0.15, 0.2) is 23.0 Å². The molecule has 0 fully saturated rings. The number of aromatic amines is 1. The summed E-state index contributed by atoms with van der Waals surface area (Å²) in [5.74, 6) is -0.482. The largest absolute Gasteiger partial charge is 0.481 e. The number of nitrogens with one attached hydrogen (secondary N) is 1. The summed E-state index contributed by atoms with van der Waals surface area (Å²) in [7, 11) is 0. The molecule has 2 N–H and O–H groups in total. The molecule has 0 aliphatic carbocycles. The molecule has 0 aliphatic rings. The molecule has 0 saturated carbocycles. The second-order valence-corrected chi connectivity index (χ2v) is 5.32. The molecule has 110 valence electrons. The van der Waals surface area contributed by atoms with Crippen LogP contribution in [0.1, 0.15) is 33.8 Å². The van der Waals surface area contributed by atoms with Gasteiger partial charge in [-0.05, 0) is 26.3 Å². The van der Waals surface area contributed by atoms with Gasteiger partial charge in [-0.2, -0.15) is 0 Å². The van der Waals surface area contributed by atoms with Gasteiger partial charge in [0, 0.05) is 17.7 Å². The number of nitrogens with zero attached hydrogens (tertiary/aromatic N) is 1. The maximum atomic E-state index is 12.0. The van der Waals surface area contributed by atoms with Crippen molar-refractivity contribution in [2.45, 2.75) is 33.6 Å². The van der Waals surface area contributed by atoms with Crippen molar-refractivity contribution in [1.82, 2.24) is 9.97 Å². The molecular formula is C16H18N2O3. The average molecular weight is 286 g/mol. The Kier molecular flexibility index (Phi) is 4.21. The predicted octanol–water partition coefficient (Wildman–Crippen LogP) is 1.91. The van der Waals surface area contributed by atoms with E-state index in [9.17, 15) is 9.59 Å². The number of aryl methyl sites for hydroxylation is 3. The van der Waals surface area contributed by atoms with Gasteiger partial charge in [0.1, 0.15) is 5.82 Å². The number of carbonyl (C=O) groups is 1. The number of aliphatic carboxylic acids is 1. The molecule has 2 rings (SSSR count). The molecule has 5 nitrogen and oxygen atoms in total. The van der Waals surface area contributed by atoms with Gasteiger partial charge in [0.05, 0.1) is 6.42 Å². The normalized spacial score (nSPS) is 10.6. The lowest BCUT2D eigenvalue weighted by molar-refractivity contribution is -0.136. The van der Waals surface area contributed by atoms with Crippen LogP contribution < -0.4 is 5.56 Å². The van der Waals surface area contributed by atoms with Crippen LogP contribution in [0.25, 0.3) is 0 Å². The summed E-state index contributed by atoms with van der Waals surface area (Å²) < 4.78 is 0. The summed E-state index contributed by atoms with van der Waals surface area (Å²) in [5.41, 5.74) is 3.70. The third-order valence-electron chi connectivity index (χ3n) is 3.25. The Morgan fingerprint density at radius 2 is 1.81 bits per heavy atom. The van der Waals surface area contributed by atoms with E-state index < -0.39 is 5.97 Å². The number of rotatable bonds is 4. The van der Waals surface area contributed by atoms with Crippen molar-refractivity contribution in [2.75, 3.05) is 0 Å². The van der Waals surface area contributed by atoms with E-state index in [-0.39, 0.29) is 17.5 Å². The summed E-state index contributed by atoms with van der Waals surface area (Å²) in [4.78, 5) is 29.7. The van der Waals surface area contributed by atoms with Crippen LogP contribution in [0.5, 0.6) is 0 Å². The van der Waals surface area contributed by atoms with Crippen molar-refractivity contribution in [2.24, 2.45) is 0 Å². The molecule has 0 amide bonds. The van der Waals surface area contributed by atoms with Crippen LogP contribution in [-0.4, -0.2) is 21.0 Å². The average Bonchev–Trinajstić information content (AvgIpc) is 2.32. The van der Waals surface area contributed by atoms with Gasteiger partial charge in [0.15, 0.2) is 0 Å². The van der Waals surface area contributed by atoms with Crippen LogP contribution in [-0.2, 0) is 17.6 Å². The number of H-pyrrole nitrogens is 1. The quantitative estimate of drug-likeness (QED) is 0.899. The van der Waals surface area contributed by atoms with E-state index in [1.54, 1.807) is 6.92 Å². The lowest BCUT2D eigenvalue weighted by Gasteiger charge is -2.07. The van der Waals surface area contributed by atoms with Crippen molar-refractivity contribution in [3.05, 3.63) is 62.3 Å². The fraction of sp³-hybridized carbons (Fsp3) is 0.312. The minimum absolute atomic E-state index is 0.215. The summed E-state index contributed by atoms with van der Waals surface area (Å²) >= 11 is 0. The molecule has 5 heteroatoms. The summed E-state index contributed by atoms with van der Waals surface area (Å²) in [6, 6.07) is 6.18. The van der Waals surface area contributed by atoms with E-state index in [4.69, 9.17) is 5.11 Å². The molecule has 0 aliphatic heterocycles. The second-order valence-electron chi connectivity index (χ2n) is 5.32. The minimum atomic E-state index is -1.03. The molecule has 21 heavy (non-hydrogen) atoms. The molecule has 0 saturated heterocycles. The van der Waals surface area contributed by atoms with Gasteiger partial charge in [-0.25, -0.2) is 4.98 Å². The molecule has 2 aromatic rings. The van der Waals surface area contributed by atoms with Crippen molar-refractivity contribution >= 4 is 5.97 Å². The molecule has 0 atom stereocenters. The highest BCUT2D eigenvalue weighted by atomic mass is 16.4. The van der Waals surface area contributed by atoms with Crippen LogP contribution >= 0.6 is 0 Å². The third-order valence-corrected chi connectivity index (χ3v) is 3.25. The first kappa shape index (κ1) is 15.0. The Labute approximate surface area is 122 Å². The Morgan fingerprint density at radius 3 is 2.33 bits per heavy atom. The minimum Gasteiger partial charge on any atom is -0.481 e. The van der Waals surface area contributed by atoms with Crippen LogP contribution in [0, 0.1) is 20.8 Å². The van der Waals surface area contributed by atoms with Gasteiger partial charge in [-0.3, -0.25) is 9.59 Å². The maximum absolute atomic E-state index is 12.0. The van der Waals surface area contributed by atoms with Crippen LogP contribution in [0.4, 0.5) is 0 Å². The zero-order chi connectivity index (χ0) is 15.6. The van der Waals surface area contributed by atoms with Gasteiger partial charge in [-0.15, -0.1) is 0 Å². The van der Waals surface area contributed by atoms with Crippen LogP contribution in [0.2, 0.25) is 0 Å². The maximum Gasteiger partial charge on any atom is 0.308 e. The Hall–Kier alpha value is -2.43. The zero-order valence-corrected chi connectivity index (χ0v) is 12.4. The fourth-order valence-corrected chi connectivity index (χ4v) is 2.48. The molecule has 0 unspecified atom stereocenters. The third kappa shape index (κ3) is 3.78. The van der Waals surface area contributed by atoms with Crippen molar-refractivity contribution in [3.8, 4) is 0 Å². The first-order valence-corrected chi connectivity index (χ1v) is 6.73. The highest BCUT2D eigenvalue weighted by Gasteiger charge is 2.12. The smallest absolute Gasteiger partial charge is 0.308 e. The van der Waals surface area contributed by atoms with Gasteiger partial charge in [-0.1, -0.05) is 29.3 Å². The van der Waals surface area contributed by atoms with E-state index in [1.807, 2.05) is 26.0 Å². The Balaban J connectivity index is 2.33. The number of aromatic nitrogens is 2. The van der Waals surface area contributed by atoms with Gasteiger partial charge in [0.25, 0.3) is 5.56 Å². The van der Waals surface area contributed by atoms with Gasteiger partial charge in [0.2, 0.25) is 0 Å². The molecule has 1 aromatic heterocycles. The molecule has 1 heterocycles. The van der Waals surface area contributed by atoms with Crippen LogP contribution in [0.3, 0.4) is 0 Å².